The molecule has 0 unspecified atom stereocenters. The number of nitrogens with one attached hydrogen (secondary N) is 1. The van der Waals surface area contributed by atoms with Gasteiger partial charge in [-0.2, -0.15) is 0 Å². The number of hydrogen-bond donors (Lipinski definition) is 1. The number of carbonyl (C=O) groups is 2. The molecule has 0 bridgehead atoms. The molecule has 1 aromatic rings. The SMILES string of the molecule is COCCNC(=O)c1cn(C2CCN(C(=O)CCC3CCCC3)CC2)nn1. The Hall–Kier alpha value is -1.96. The number of ether oxygens (including phenoxy) is 1. The molecule has 0 atom stereocenters. The molecule has 27 heavy (non-hydrogen) atoms. The van der Waals surface area contributed by atoms with Crippen LogP contribution in [0.15, 0.2) is 6.20 Å². The second-order valence-electron chi connectivity index (χ2n) is 7.63. The van der Waals surface area contributed by atoms with Gasteiger partial charge in [-0.1, -0.05) is 30.9 Å². The van der Waals surface area contributed by atoms with Crippen molar-refractivity contribution in [2.45, 2.75) is 57.4 Å². The summed E-state index contributed by atoms with van der Waals surface area (Å²) in [5.41, 5.74) is 0.321. The van der Waals surface area contributed by atoms with Crippen molar-refractivity contribution in [2.75, 3.05) is 33.4 Å². The molecule has 8 heteroatoms. The van der Waals surface area contributed by atoms with Crippen molar-refractivity contribution < 1.29 is 14.3 Å². The van der Waals surface area contributed by atoms with Crippen LogP contribution in [-0.4, -0.2) is 65.1 Å². The first-order valence-electron chi connectivity index (χ1n) is 10.1. The Morgan fingerprint density at radius 2 is 1.96 bits per heavy atom. The molecule has 2 fully saturated rings. The number of methoxy groups -OCH3 is 1. The molecule has 1 N–H and O–H groups in total. The van der Waals surface area contributed by atoms with Gasteiger partial charge in [0.25, 0.3) is 5.91 Å². The third kappa shape index (κ3) is 5.51. The van der Waals surface area contributed by atoms with E-state index in [1.54, 1.807) is 18.0 Å². The van der Waals surface area contributed by atoms with Crippen molar-refractivity contribution in [1.29, 1.82) is 0 Å². The summed E-state index contributed by atoms with van der Waals surface area (Å²) in [6.07, 6.45) is 10.4. The first-order valence-corrected chi connectivity index (χ1v) is 10.1. The molecule has 2 amide bonds. The Bertz CT molecular complexity index is 619. The summed E-state index contributed by atoms with van der Waals surface area (Å²) in [6, 6.07) is 0.192. The maximum absolute atomic E-state index is 12.4. The van der Waals surface area contributed by atoms with Crippen LogP contribution < -0.4 is 5.32 Å². The normalized spacial score (nSPS) is 18.8. The van der Waals surface area contributed by atoms with Gasteiger partial charge in [-0.05, 0) is 25.2 Å². The third-order valence-corrected chi connectivity index (χ3v) is 5.77. The van der Waals surface area contributed by atoms with Gasteiger partial charge in [-0.15, -0.1) is 5.10 Å². The smallest absolute Gasteiger partial charge is 0.273 e. The number of amides is 2. The first-order chi connectivity index (χ1) is 13.2. The summed E-state index contributed by atoms with van der Waals surface area (Å²) in [7, 11) is 1.59. The predicted molar refractivity (Wildman–Crippen MR) is 100 cm³/mol. The topological polar surface area (TPSA) is 89.4 Å². The van der Waals surface area contributed by atoms with E-state index in [1.165, 1.54) is 25.7 Å². The van der Waals surface area contributed by atoms with Gasteiger partial charge in [0.05, 0.1) is 18.8 Å². The summed E-state index contributed by atoms with van der Waals surface area (Å²) >= 11 is 0. The highest BCUT2D eigenvalue weighted by atomic mass is 16.5. The number of hydrogen-bond acceptors (Lipinski definition) is 5. The summed E-state index contributed by atoms with van der Waals surface area (Å²) in [5.74, 6) is 0.810. The van der Waals surface area contributed by atoms with Gasteiger partial charge < -0.3 is 15.0 Å². The van der Waals surface area contributed by atoms with E-state index in [0.717, 1.165) is 38.3 Å². The molecular weight excluding hydrogens is 346 g/mol. The number of nitrogens with zero attached hydrogens (tertiary/aromatic N) is 4. The molecule has 150 valence electrons. The lowest BCUT2D eigenvalue weighted by Crippen LogP contribution is -2.39. The van der Waals surface area contributed by atoms with E-state index >= 15 is 0 Å². The molecule has 1 saturated heterocycles. The van der Waals surface area contributed by atoms with Gasteiger partial charge in [0, 0.05) is 33.2 Å². The van der Waals surface area contributed by atoms with Crippen LogP contribution in [0.5, 0.6) is 0 Å². The zero-order chi connectivity index (χ0) is 19.1. The largest absolute Gasteiger partial charge is 0.383 e. The standard InChI is InChI=1S/C19H31N5O3/c1-27-13-10-20-19(26)17-14-24(22-21-17)16-8-11-23(12-9-16)18(25)7-6-15-4-2-3-5-15/h14-16H,2-13H2,1H3,(H,20,26). The van der Waals surface area contributed by atoms with Crippen LogP contribution in [0.3, 0.4) is 0 Å². The Labute approximate surface area is 160 Å². The van der Waals surface area contributed by atoms with Crippen molar-refractivity contribution in [2.24, 2.45) is 5.92 Å². The molecule has 1 saturated carbocycles. The van der Waals surface area contributed by atoms with Crippen LogP contribution in [0.4, 0.5) is 0 Å². The van der Waals surface area contributed by atoms with Crippen LogP contribution in [0.25, 0.3) is 0 Å². The van der Waals surface area contributed by atoms with Gasteiger partial charge in [0.1, 0.15) is 0 Å². The van der Waals surface area contributed by atoms with Gasteiger partial charge in [-0.3, -0.25) is 9.59 Å². The molecule has 1 aliphatic heterocycles. The lowest BCUT2D eigenvalue weighted by Gasteiger charge is -2.32. The Balaban J connectivity index is 1.42. The quantitative estimate of drug-likeness (QED) is 0.698. The van der Waals surface area contributed by atoms with E-state index in [4.69, 9.17) is 4.74 Å². The average molecular weight is 377 g/mol. The molecule has 2 aliphatic rings. The fourth-order valence-electron chi connectivity index (χ4n) is 4.08. The Morgan fingerprint density at radius 1 is 1.22 bits per heavy atom. The molecule has 1 aromatic heterocycles. The molecule has 0 radical (unpaired) electrons. The zero-order valence-electron chi connectivity index (χ0n) is 16.2. The Kier molecular flexibility index (Phi) is 7.20. The lowest BCUT2D eigenvalue weighted by molar-refractivity contribution is -0.132. The van der Waals surface area contributed by atoms with Crippen molar-refractivity contribution >= 4 is 11.8 Å². The summed E-state index contributed by atoms with van der Waals surface area (Å²) in [4.78, 5) is 26.4. The van der Waals surface area contributed by atoms with E-state index in [1.807, 2.05) is 4.90 Å². The maximum atomic E-state index is 12.4. The minimum Gasteiger partial charge on any atom is -0.383 e. The highest BCUT2D eigenvalue weighted by Crippen LogP contribution is 2.29. The molecule has 0 aromatic carbocycles. The molecule has 8 nitrogen and oxygen atoms in total. The van der Waals surface area contributed by atoms with Crippen LogP contribution in [-0.2, 0) is 9.53 Å². The molecular formula is C19H31N5O3. The number of aromatic nitrogens is 3. The molecule has 3 rings (SSSR count). The first kappa shape index (κ1) is 19.8. The van der Waals surface area contributed by atoms with Crippen LogP contribution >= 0.6 is 0 Å². The Morgan fingerprint density at radius 3 is 2.67 bits per heavy atom. The van der Waals surface area contributed by atoms with E-state index in [9.17, 15) is 9.59 Å². The fourth-order valence-corrected chi connectivity index (χ4v) is 4.08. The third-order valence-electron chi connectivity index (χ3n) is 5.77. The second-order valence-corrected chi connectivity index (χ2v) is 7.63. The van der Waals surface area contributed by atoms with Crippen LogP contribution in [0, 0.1) is 5.92 Å². The number of carbonyl (C=O) groups excluding carboxylic acids is 2. The van der Waals surface area contributed by atoms with E-state index in [2.05, 4.69) is 15.6 Å². The number of likely N-dealkylation sites (tertiary alicyclic amines) is 1. The number of rotatable bonds is 8. The van der Waals surface area contributed by atoms with Gasteiger partial charge in [0.15, 0.2) is 5.69 Å². The number of piperidine rings is 1. The molecule has 0 spiro atoms. The summed E-state index contributed by atoms with van der Waals surface area (Å²) in [5, 5.41) is 10.8. The lowest BCUT2D eigenvalue weighted by atomic mass is 10.00. The van der Waals surface area contributed by atoms with Gasteiger partial charge in [0.2, 0.25) is 5.91 Å². The van der Waals surface area contributed by atoms with E-state index < -0.39 is 0 Å². The average Bonchev–Trinajstić information content (AvgIpc) is 3.38. The van der Waals surface area contributed by atoms with Gasteiger partial charge in [-0.25, -0.2) is 4.68 Å². The predicted octanol–water partition coefficient (Wildman–Crippen LogP) is 1.79. The molecule has 1 aliphatic carbocycles. The van der Waals surface area contributed by atoms with Crippen molar-refractivity contribution in [3.63, 3.8) is 0 Å². The highest BCUT2D eigenvalue weighted by Gasteiger charge is 2.26. The second kappa shape index (κ2) is 9.82. The highest BCUT2D eigenvalue weighted by molar-refractivity contribution is 5.91. The minimum absolute atomic E-state index is 0.192. The van der Waals surface area contributed by atoms with Crippen LogP contribution in [0.2, 0.25) is 0 Å². The van der Waals surface area contributed by atoms with Crippen molar-refractivity contribution in [3.8, 4) is 0 Å². The van der Waals surface area contributed by atoms with E-state index in [0.29, 0.717) is 25.3 Å². The minimum atomic E-state index is -0.238. The van der Waals surface area contributed by atoms with Gasteiger partial charge >= 0.3 is 0 Å². The summed E-state index contributed by atoms with van der Waals surface area (Å²) in [6.45, 7) is 2.42. The summed E-state index contributed by atoms with van der Waals surface area (Å²) < 4.78 is 6.69. The van der Waals surface area contributed by atoms with Crippen molar-refractivity contribution in [1.82, 2.24) is 25.2 Å². The zero-order valence-corrected chi connectivity index (χ0v) is 16.2. The fraction of sp³-hybridized carbons (Fsp3) is 0.789. The van der Waals surface area contributed by atoms with Crippen molar-refractivity contribution in [3.05, 3.63) is 11.9 Å². The molecule has 2 heterocycles. The van der Waals surface area contributed by atoms with E-state index in [-0.39, 0.29) is 17.9 Å². The maximum Gasteiger partial charge on any atom is 0.273 e. The van der Waals surface area contributed by atoms with Crippen LogP contribution in [0.1, 0.15) is 67.9 Å². The monoisotopic (exact) mass is 377 g/mol.